The molecule has 1 aliphatic rings. The Morgan fingerprint density at radius 3 is 2.64 bits per heavy atom. The summed E-state index contributed by atoms with van der Waals surface area (Å²) >= 11 is 0. The Morgan fingerprint density at radius 2 is 1.94 bits per heavy atom. The highest BCUT2D eigenvalue weighted by atomic mass is 19.4. The van der Waals surface area contributed by atoms with E-state index >= 15 is 0 Å². The molecule has 1 aromatic heterocycles. The van der Waals surface area contributed by atoms with Crippen LogP contribution in [0.25, 0.3) is 22.8 Å². The molecule has 33 heavy (non-hydrogen) atoms. The Morgan fingerprint density at radius 1 is 1.18 bits per heavy atom. The number of nitro groups is 1. The number of anilines is 1. The SMILES string of the molecule is O=[N+]([O-])c1cc(-c2nc(-c3ccccc3OC(F)(F)F)no2)ccc1N1CCCC(F)(F)C1. The number of benzene rings is 2. The number of ether oxygens (including phenoxy) is 1. The first kappa shape index (κ1) is 22.4. The van der Waals surface area contributed by atoms with Gasteiger partial charge in [-0.1, -0.05) is 17.3 Å². The molecule has 13 heteroatoms. The second kappa shape index (κ2) is 8.30. The Balaban J connectivity index is 1.67. The van der Waals surface area contributed by atoms with Crippen LogP contribution in [-0.4, -0.2) is 40.4 Å². The highest BCUT2D eigenvalue weighted by Gasteiger charge is 2.37. The lowest BCUT2D eigenvalue weighted by molar-refractivity contribution is -0.384. The van der Waals surface area contributed by atoms with E-state index in [1.807, 2.05) is 0 Å². The molecule has 0 bridgehead atoms. The smallest absolute Gasteiger partial charge is 0.405 e. The van der Waals surface area contributed by atoms with Crippen LogP contribution in [0.5, 0.6) is 5.75 Å². The standard InChI is InChI=1S/C20H15F5N4O4/c21-19(22)8-3-9-28(11-19)14-7-6-12(10-15(14)29(30)31)18-26-17(27-33-18)13-4-1-2-5-16(13)32-20(23,24)25/h1-2,4-7,10H,3,8-9,11H2. The fourth-order valence-electron chi connectivity index (χ4n) is 3.56. The average Bonchev–Trinajstić information content (AvgIpc) is 3.22. The van der Waals surface area contributed by atoms with Gasteiger partial charge in [-0.05, 0) is 30.7 Å². The first-order chi connectivity index (χ1) is 15.5. The molecule has 0 amide bonds. The predicted molar refractivity (Wildman–Crippen MR) is 105 cm³/mol. The summed E-state index contributed by atoms with van der Waals surface area (Å²) < 4.78 is 74.6. The maximum atomic E-state index is 13.8. The second-order valence-corrected chi connectivity index (χ2v) is 7.31. The van der Waals surface area contributed by atoms with Crippen LogP contribution in [0.15, 0.2) is 47.0 Å². The van der Waals surface area contributed by atoms with Crippen molar-refractivity contribution in [1.82, 2.24) is 10.1 Å². The maximum absolute atomic E-state index is 13.8. The first-order valence-electron chi connectivity index (χ1n) is 9.63. The summed E-state index contributed by atoms with van der Waals surface area (Å²) in [6.45, 7) is -0.412. The Kier molecular flexibility index (Phi) is 5.64. The third kappa shape index (κ3) is 5.02. The third-order valence-corrected chi connectivity index (χ3v) is 4.93. The quantitative estimate of drug-likeness (QED) is 0.278. The van der Waals surface area contributed by atoms with E-state index in [2.05, 4.69) is 14.9 Å². The van der Waals surface area contributed by atoms with Gasteiger partial charge in [-0.3, -0.25) is 10.1 Å². The van der Waals surface area contributed by atoms with Gasteiger partial charge < -0.3 is 14.2 Å². The van der Waals surface area contributed by atoms with Gasteiger partial charge >= 0.3 is 6.36 Å². The molecule has 0 N–H and O–H groups in total. The molecule has 3 aromatic rings. The molecule has 174 valence electrons. The van der Waals surface area contributed by atoms with Gasteiger partial charge in [-0.25, -0.2) is 8.78 Å². The highest BCUT2D eigenvalue weighted by Crippen LogP contribution is 2.38. The fraction of sp³-hybridized carbons (Fsp3) is 0.300. The summed E-state index contributed by atoms with van der Waals surface area (Å²) in [6, 6.07) is 8.92. The van der Waals surface area contributed by atoms with E-state index < -0.39 is 35.2 Å². The van der Waals surface area contributed by atoms with E-state index in [9.17, 15) is 32.1 Å². The number of piperidine rings is 1. The number of nitro benzene ring substituents is 1. The molecule has 4 rings (SSSR count). The monoisotopic (exact) mass is 470 g/mol. The maximum Gasteiger partial charge on any atom is 0.573 e. The lowest BCUT2D eigenvalue weighted by Gasteiger charge is -2.33. The number of hydrogen-bond acceptors (Lipinski definition) is 7. The molecule has 0 spiro atoms. The van der Waals surface area contributed by atoms with Crippen molar-refractivity contribution in [1.29, 1.82) is 0 Å². The lowest BCUT2D eigenvalue weighted by atomic mass is 10.1. The summed E-state index contributed by atoms with van der Waals surface area (Å²) in [5.74, 6) is -3.94. The van der Waals surface area contributed by atoms with Gasteiger partial charge in [-0.15, -0.1) is 13.2 Å². The van der Waals surface area contributed by atoms with Gasteiger partial charge in [-0.2, -0.15) is 4.98 Å². The van der Waals surface area contributed by atoms with E-state index in [1.165, 1.54) is 35.2 Å². The number of aromatic nitrogens is 2. The van der Waals surface area contributed by atoms with E-state index in [0.717, 1.165) is 12.1 Å². The van der Waals surface area contributed by atoms with Gasteiger partial charge in [0, 0.05) is 24.6 Å². The van der Waals surface area contributed by atoms with Crippen molar-refractivity contribution in [2.75, 3.05) is 18.0 Å². The van der Waals surface area contributed by atoms with Crippen LogP contribution in [0.4, 0.5) is 33.3 Å². The van der Waals surface area contributed by atoms with Crippen LogP contribution in [-0.2, 0) is 0 Å². The second-order valence-electron chi connectivity index (χ2n) is 7.31. The molecule has 2 aromatic carbocycles. The lowest BCUT2D eigenvalue weighted by Crippen LogP contribution is -2.42. The highest BCUT2D eigenvalue weighted by molar-refractivity contribution is 5.72. The van der Waals surface area contributed by atoms with Gasteiger partial charge in [0.1, 0.15) is 11.4 Å². The van der Waals surface area contributed by atoms with Crippen molar-refractivity contribution in [3.8, 4) is 28.6 Å². The van der Waals surface area contributed by atoms with Crippen LogP contribution < -0.4 is 9.64 Å². The molecule has 1 aliphatic heterocycles. The van der Waals surface area contributed by atoms with Crippen LogP contribution in [0, 0.1) is 10.1 Å². The molecular formula is C20H15F5N4O4. The summed E-state index contributed by atoms with van der Waals surface area (Å²) in [7, 11) is 0. The molecule has 0 aliphatic carbocycles. The minimum Gasteiger partial charge on any atom is -0.405 e. The molecule has 8 nitrogen and oxygen atoms in total. The Hall–Kier alpha value is -3.77. The zero-order valence-electron chi connectivity index (χ0n) is 16.7. The Labute approximate surface area is 182 Å². The van der Waals surface area contributed by atoms with Crippen molar-refractivity contribution in [2.24, 2.45) is 0 Å². The molecule has 0 unspecified atom stereocenters. The zero-order chi connectivity index (χ0) is 23.8. The number of para-hydroxylation sites is 1. The zero-order valence-corrected chi connectivity index (χ0v) is 16.7. The van der Waals surface area contributed by atoms with Crippen molar-refractivity contribution >= 4 is 11.4 Å². The summed E-state index contributed by atoms with van der Waals surface area (Å²) in [5.41, 5.74) is -0.425. The number of rotatable bonds is 5. The number of nitrogens with zero attached hydrogens (tertiary/aromatic N) is 4. The van der Waals surface area contributed by atoms with Crippen LogP contribution in [0.1, 0.15) is 12.8 Å². The van der Waals surface area contributed by atoms with Gasteiger partial charge in [0.2, 0.25) is 5.82 Å². The molecule has 1 fully saturated rings. The molecule has 1 saturated heterocycles. The largest absolute Gasteiger partial charge is 0.573 e. The third-order valence-electron chi connectivity index (χ3n) is 4.93. The van der Waals surface area contributed by atoms with Crippen molar-refractivity contribution in [2.45, 2.75) is 25.1 Å². The van der Waals surface area contributed by atoms with Gasteiger partial charge in [0.15, 0.2) is 0 Å². The van der Waals surface area contributed by atoms with Crippen molar-refractivity contribution < 1.29 is 36.1 Å². The minimum absolute atomic E-state index is 0.0202. The summed E-state index contributed by atoms with van der Waals surface area (Å²) in [5, 5.41) is 15.3. The van der Waals surface area contributed by atoms with Crippen LogP contribution in [0.2, 0.25) is 0 Å². The molecule has 0 saturated carbocycles. The summed E-state index contributed by atoms with van der Waals surface area (Å²) in [4.78, 5) is 16.2. The topological polar surface area (TPSA) is 94.5 Å². The van der Waals surface area contributed by atoms with Gasteiger partial charge in [0.25, 0.3) is 17.5 Å². The average molecular weight is 470 g/mol. The molecule has 0 radical (unpaired) electrons. The Bertz CT molecular complexity index is 1180. The van der Waals surface area contributed by atoms with Crippen molar-refractivity contribution in [3.05, 3.63) is 52.6 Å². The van der Waals surface area contributed by atoms with Crippen LogP contribution in [0.3, 0.4) is 0 Å². The van der Waals surface area contributed by atoms with Crippen LogP contribution >= 0.6 is 0 Å². The molecule has 0 atom stereocenters. The molecule has 2 heterocycles. The first-order valence-corrected chi connectivity index (χ1v) is 9.63. The molecular weight excluding hydrogens is 455 g/mol. The number of hydrogen-bond donors (Lipinski definition) is 0. The predicted octanol–water partition coefficient (Wildman–Crippen LogP) is 5.45. The summed E-state index contributed by atoms with van der Waals surface area (Å²) in [6.07, 6.45) is -5.05. The van der Waals surface area contributed by atoms with Gasteiger partial charge in [0.05, 0.1) is 17.0 Å². The van der Waals surface area contributed by atoms with E-state index in [1.54, 1.807) is 0 Å². The number of halogens is 5. The fourth-order valence-corrected chi connectivity index (χ4v) is 3.56. The van der Waals surface area contributed by atoms with Crippen molar-refractivity contribution in [3.63, 3.8) is 0 Å². The van der Waals surface area contributed by atoms with E-state index in [4.69, 9.17) is 4.52 Å². The van der Waals surface area contributed by atoms with E-state index in [0.29, 0.717) is 0 Å². The minimum atomic E-state index is -4.94. The number of alkyl halides is 5. The van der Waals surface area contributed by atoms with E-state index in [-0.39, 0.29) is 47.9 Å². The normalized spacial score (nSPS) is 16.0.